The van der Waals surface area contributed by atoms with Crippen LogP contribution in [0.3, 0.4) is 0 Å². The third-order valence-corrected chi connectivity index (χ3v) is 4.72. The van der Waals surface area contributed by atoms with Crippen LogP contribution in [0, 0.1) is 0 Å². The number of amides is 1. The highest BCUT2D eigenvalue weighted by Gasteiger charge is 2.19. The van der Waals surface area contributed by atoms with Crippen LogP contribution in [0.5, 0.6) is 0 Å². The molecule has 0 atom stereocenters. The minimum absolute atomic E-state index is 0.422. The summed E-state index contributed by atoms with van der Waals surface area (Å²) in [6, 6.07) is 5.17. The van der Waals surface area contributed by atoms with Gasteiger partial charge in [-0.05, 0) is 36.7 Å². The maximum Gasteiger partial charge on any atom is 0.249 e. The van der Waals surface area contributed by atoms with Gasteiger partial charge in [-0.3, -0.25) is 4.79 Å². The van der Waals surface area contributed by atoms with E-state index in [1.807, 2.05) is 0 Å². The first-order valence-corrected chi connectivity index (χ1v) is 7.76. The van der Waals surface area contributed by atoms with Gasteiger partial charge >= 0.3 is 0 Å². The third kappa shape index (κ3) is 2.73. The molecule has 6 nitrogen and oxygen atoms in total. The molecule has 110 valence electrons. The Morgan fingerprint density at radius 2 is 2.10 bits per heavy atom. The van der Waals surface area contributed by atoms with Crippen molar-refractivity contribution >= 4 is 23.4 Å². The molecule has 0 bridgehead atoms. The molecule has 0 radical (unpaired) electrons. The van der Waals surface area contributed by atoms with Crippen LogP contribution < -0.4 is 11.5 Å². The number of benzene rings is 1. The molecule has 7 heteroatoms. The Morgan fingerprint density at radius 3 is 2.90 bits per heavy atom. The molecule has 0 unspecified atom stereocenters. The first kappa shape index (κ1) is 13.9. The van der Waals surface area contributed by atoms with E-state index in [2.05, 4.69) is 14.8 Å². The fourth-order valence-corrected chi connectivity index (χ4v) is 3.52. The SMILES string of the molecule is NC(=O)c1cccc(N)c1Sc1nnc2n1CCCCC2. The van der Waals surface area contributed by atoms with Crippen LogP contribution in [0.4, 0.5) is 5.69 Å². The molecule has 21 heavy (non-hydrogen) atoms. The van der Waals surface area contributed by atoms with Gasteiger partial charge in [0.05, 0.1) is 10.5 Å². The number of aromatic nitrogens is 3. The van der Waals surface area contributed by atoms with Crippen molar-refractivity contribution in [3.05, 3.63) is 29.6 Å². The van der Waals surface area contributed by atoms with Crippen LogP contribution >= 0.6 is 11.8 Å². The Kier molecular flexibility index (Phi) is 3.83. The number of carbonyl (C=O) groups is 1. The van der Waals surface area contributed by atoms with Crippen molar-refractivity contribution < 1.29 is 4.79 Å². The summed E-state index contributed by atoms with van der Waals surface area (Å²) in [6.07, 6.45) is 4.41. The number of fused-ring (bicyclic) bond motifs is 1. The molecule has 1 amide bonds. The summed E-state index contributed by atoms with van der Waals surface area (Å²) in [5.74, 6) is 0.519. The zero-order valence-electron chi connectivity index (χ0n) is 11.6. The highest BCUT2D eigenvalue weighted by molar-refractivity contribution is 7.99. The lowest BCUT2D eigenvalue weighted by Gasteiger charge is -2.10. The average Bonchev–Trinajstić information content (AvgIpc) is 2.69. The van der Waals surface area contributed by atoms with Gasteiger partial charge in [0.1, 0.15) is 5.82 Å². The summed E-state index contributed by atoms with van der Waals surface area (Å²) in [4.78, 5) is 12.2. The maximum atomic E-state index is 11.6. The van der Waals surface area contributed by atoms with Crippen LogP contribution in [0.25, 0.3) is 0 Å². The largest absolute Gasteiger partial charge is 0.398 e. The smallest absolute Gasteiger partial charge is 0.249 e. The number of primary amides is 1. The molecular weight excluding hydrogens is 286 g/mol. The molecular formula is C14H17N5OS. The van der Waals surface area contributed by atoms with Crippen LogP contribution in [0.2, 0.25) is 0 Å². The van der Waals surface area contributed by atoms with Crippen LogP contribution in [0.1, 0.15) is 35.4 Å². The monoisotopic (exact) mass is 303 g/mol. The number of nitrogens with zero attached hydrogens (tertiary/aromatic N) is 3. The second kappa shape index (κ2) is 5.77. The topological polar surface area (TPSA) is 99.8 Å². The number of nitrogen functional groups attached to an aromatic ring is 1. The fourth-order valence-electron chi connectivity index (χ4n) is 2.49. The van der Waals surface area contributed by atoms with Crippen LogP contribution in [0.15, 0.2) is 28.3 Å². The van der Waals surface area contributed by atoms with E-state index in [0.717, 1.165) is 36.8 Å². The van der Waals surface area contributed by atoms with Gasteiger partial charge in [0.15, 0.2) is 5.16 Å². The number of anilines is 1. The average molecular weight is 303 g/mol. The van der Waals surface area contributed by atoms with Crippen molar-refractivity contribution in [2.24, 2.45) is 5.73 Å². The number of hydrogen-bond donors (Lipinski definition) is 2. The number of aryl methyl sites for hydroxylation is 1. The van der Waals surface area contributed by atoms with Gasteiger partial charge < -0.3 is 16.0 Å². The molecule has 0 spiro atoms. The van der Waals surface area contributed by atoms with E-state index >= 15 is 0 Å². The minimum atomic E-state index is -0.486. The number of rotatable bonds is 3. The van der Waals surface area contributed by atoms with Gasteiger partial charge in [-0.2, -0.15) is 0 Å². The first-order valence-electron chi connectivity index (χ1n) is 6.95. The summed E-state index contributed by atoms with van der Waals surface area (Å²) in [5, 5.41) is 9.27. The lowest BCUT2D eigenvalue weighted by Crippen LogP contribution is -2.13. The van der Waals surface area contributed by atoms with Gasteiger partial charge in [-0.25, -0.2) is 0 Å². The Balaban J connectivity index is 1.98. The molecule has 0 fully saturated rings. The molecule has 1 aliphatic rings. The number of hydrogen-bond acceptors (Lipinski definition) is 5. The third-order valence-electron chi connectivity index (χ3n) is 3.58. The standard InChI is InChI=1S/C14H17N5OS/c15-10-6-4-5-9(13(16)20)12(10)21-14-18-17-11-7-2-1-3-8-19(11)14/h4-6H,1-3,7-8,15H2,(H2,16,20). The molecule has 0 aliphatic carbocycles. The van der Waals surface area contributed by atoms with Crippen molar-refractivity contribution in [2.45, 2.75) is 42.3 Å². The molecule has 1 aromatic carbocycles. The minimum Gasteiger partial charge on any atom is -0.398 e. The van der Waals surface area contributed by atoms with Crippen LogP contribution in [-0.4, -0.2) is 20.7 Å². The zero-order chi connectivity index (χ0) is 14.8. The molecule has 2 aromatic rings. The molecule has 0 saturated heterocycles. The summed E-state index contributed by atoms with van der Waals surface area (Å²) in [7, 11) is 0. The zero-order valence-corrected chi connectivity index (χ0v) is 12.4. The van der Waals surface area contributed by atoms with Gasteiger partial charge in [0.2, 0.25) is 5.91 Å². The lowest BCUT2D eigenvalue weighted by atomic mass is 10.2. The van der Waals surface area contributed by atoms with E-state index in [9.17, 15) is 4.79 Å². The second-order valence-electron chi connectivity index (χ2n) is 5.05. The highest BCUT2D eigenvalue weighted by atomic mass is 32.2. The van der Waals surface area contributed by atoms with E-state index in [1.54, 1.807) is 18.2 Å². The molecule has 4 N–H and O–H groups in total. The number of nitrogens with two attached hydrogens (primary N) is 2. The highest BCUT2D eigenvalue weighted by Crippen LogP contribution is 2.34. The molecule has 0 saturated carbocycles. The first-order chi connectivity index (χ1) is 10.2. The Bertz CT molecular complexity index is 682. The Labute approximate surface area is 126 Å². The molecule has 1 aliphatic heterocycles. The Morgan fingerprint density at radius 1 is 1.24 bits per heavy atom. The summed E-state index contributed by atoms with van der Waals surface area (Å²) >= 11 is 1.36. The van der Waals surface area contributed by atoms with Crippen molar-refractivity contribution in [1.82, 2.24) is 14.8 Å². The van der Waals surface area contributed by atoms with Gasteiger partial charge in [-0.15, -0.1) is 10.2 Å². The van der Waals surface area contributed by atoms with E-state index in [4.69, 9.17) is 11.5 Å². The van der Waals surface area contributed by atoms with E-state index in [-0.39, 0.29) is 0 Å². The summed E-state index contributed by atoms with van der Waals surface area (Å²) < 4.78 is 2.12. The Hall–Kier alpha value is -2.02. The van der Waals surface area contributed by atoms with E-state index < -0.39 is 5.91 Å². The summed E-state index contributed by atoms with van der Waals surface area (Å²) in [5.41, 5.74) is 12.4. The van der Waals surface area contributed by atoms with Gasteiger partial charge in [0, 0.05) is 18.7 Å². The second-order valence-corrected chi connectivity index (χ2v) is 6.03. The van der Waals surface area contributed by atoms with Crippen LogP contribution in [-0.2, 0) is 13.0 Å². The van der Waals surface area contributed by atoms with Crippen molar-refractivity contribution in [3.63, 3.8) is 0 Å². The predicted octanol–water partition coefficient (Wildman–Crippen LogP) is 1.84. The fraction of sp³-hybridized carbons (Fsp3) is 0.357. The van der Waals surface area contributed by atoms with E-state index in [0.29, 0.717) is 16.1 Å². The van der Waals surface area contributed by atoms with Crippen molar-refractivity contribution in [3.8, 4) is 0 Å². The maximum absolute atomic E-state index is 11.6. The molecule has 2 heterocycles. The van der Waals surface area contributed by atoms with Crippen molar-refractivity contribution in [1.29, 1.82) is 0 Å². The predicted molar refractivity (Wildman–Crippen MR) is 81.1 cm³/mol. The van der Waals surface area contributed by atoms with Gasteiger partial charge in [-0.1, -0.05) is 12.5 Å². The van der Waals surface area contributed by atoms with Crippen molar-refractivity contribution in [2.75, 3.05) is 5.73 Å². The molecule has 1 aromatic heterocycles. The van der Waals surface area contributed by atoms with E-state index in [1.165, 1.54) is 18.2 Å². The summed E-state index contributed by atoms with van der Waals surface area (Å²) in [6.45, 7) is 0.906. The van der Waals surface area contributed by atoms with Gasteiger partial charge in [0.25, 0.3) is 0 Å². The number of carbonyl (C=O) groups excluding carboxylic acids is 1. The normalized spacial score (nSPS) is 14.5. The molecule has 3 rings (SSSR count). The quantitative estimate of drug-likeness (QED) is 0.843. The lowest BCUT2D eigenvalue weighted by molar-refractivity contribution is 0.0997.